The highest BCUT2D eigenvalue weighted by atomic mass is 16.5. The van der Waals surface area contributed by atoms with Crippen molar-refractivity contribution in [1.29, 1.82) is 0 Å². The fourth-order valence-corrected chi connectivity index (χ4v) is 5.12. The lowest BCUT2D eigenvalue weighted by Gasteiger charge is -2.40. The standard InChI is InChI=1S/C20H30N2O/c1-23-20-5-3-2-4-19(20)22-12-10-21(11-13-22)15-18-9-7-16-6-8-17(18)14-16/h2-5,16-18H,6-15H2,1H3/t16-,17+,18-/m1/s1. The van der Waals surface area contributed by atoms with Crippen molar-refractivity contribution < 1.29 is 4.74 Å². The Kier molecular flexibility index (Phi) is 4.48. The van der Waals surface area contributed by atoms with E-state index in [-0.39, 0.29) is 0 Å². The van der Waals surface area contributed by atoms with Gasteiger partial charge in [0.1, 0.15) is 5.75 Å². The number of para-hydroxylation sites is 2. The molecule has 1 heterocycles. The number of hydrogen-bond donors (Lipinski definition) is 0. The van der Waals surface area contributed by atoms with Gasteiger partial charge in [-0.1, -0.05) is 25.0 Å². The van der Waals surface area contributed by atoms with E-state index in [1.54, 1.807) is 7.11 Å². The maximum atomic E-state index is 5.52. The number of fused-ring (bicyclic) bond motifs is 2. The number of benzene rings is 1. The van der Waals surface area contributed by atoms with Crippen LogP contribution in [0.15, 0.2) is 24.3 Å². The molecule has 23 heavy (non-hydrogen) atoms. The average Bonchev–Trinajstić information content (AvgIpc) is 3.00. The average molecular weight is 314 g/mol. The largest absolute Gasteiger partial charge is 0.495 e. The van der Waals surface area contributed by atoms with Gasteiger partial charge >= 0.3 is 0 Å². The minimum atomic E-state index is 0.978. The van der Waals surface area contributed by atoms with E-state index in [2.05, 4.69) is 34.1 Å². The van der Waals surface area contributed by atoms with E-state index in [1.807, 2.05) is 0 Å². The summed E-state index contributed by atoms with van der Waals surface area (Å²) in [5, 5.41) is 0. The molecule has 1 aromatic carbocycles. The summed E-state index contributed by atoms with van der Waals surface area (Å²) in [6.45, 7) is 5.99. The summed E-state index contributed by atoms with van der Waals surface area (Å²) in [5.74, 6) is 4.11. The predicted molar refractivity (Wildman–Crippen MR) is 95.2 cm³/mol. The minimum Gasteiger partial charge on any atom is -0.495 e. The Morgan fingerprint density at radius 3 is 2.61 bits per heavy atom. The van der Waals surface area contributed by atoms with Crippen LogP contribution in [0.4, 0.5) is 5.69 Å². The number of hydrogen-bond acceptors (Lipinski definition) is 3. The summed E-state index contributed by atoms with van der Waals surface area (Å²) in [6, 6.07) is 8.42. The molecule has 0 spiro atoms. The van der Waals surface area contributed by atoms with Crippen molar-refractivity contribution >= 4 is 5.69 Å². The van der Waals surface area contributed by atoms with Crippen LogP contribution < -0.4 is 9.64 Å². The molecule has 1 aromatic rings. The molecule has 0 aromatic heterocycles. The first-order valence-corrected chi connectivity index (χ1v) is 9.44. The quantitative estimate of drug-likeness (QED) is 0.844. The first-order valence-electron chi connectivity index (χ1n) is 9.44. The van der Waals surface area contributed by atoms with Gasteiger partial charge in [0.25, 0.3) is 0 Å². The first kappa shape index (κ1) is 15.3. The third-order valence-electron chi connectivity index (χ3n) is 6.49. The molecule has 0 amide bonds. The maximum absolute atomic E-state index is 5.52. The van der Waals surface area contributed by atoms with Crippen LogP contribution in [0, 0.1) is 17.8 Å². The van der Waals surface area contributed by atoms with Crippen molar-refractivity contribution in [1.82, 2.24) is 4.90 Å². The highest BCUT2D eigenvalue weighted by Gasteiger charge is 2.36. The van der Waals surface area contributed by atoms with E-state index in [9.17, 15) is 0 Å². The van der Waals surface area contributed by atoms with E-state index < -0.39 is 0 Å². The van der Waals surface area contributed by atoms with E-state index >= 15 is 0 Å². The molecule has 0 radical (unpaired) electrons. The molecule has 4 rings (SSSR count). The molecular weight excluding hydrogens is 284 g/mol. The molecule has 2 aliphatic carbocycles. The molecule has 126 valence electrons. The highest BCUT2D eigenvalue weighted by molar-refractivity contribution is 5.58. The van der Waals surface area contributed by atoms with Gasteiger partial charge < -0.3 is 9.64 Å². The molecule has 3 atom stereocenters. The summed E-state index contributed by atoms with van der Waals surface area (Å²) in [6.07, 6.45) is 7.55. The Morgan fingerprint density at radius 2 is 1.78 bits per heavy atom. The number of methoxy groups -OCH3 is 1. The lowest BCUT2D eigenvalue weighted by molar-refractivity contribution is 0.151. The van der Waals surface area contributed by atoms with Gasteiger partial charge in [0.05, 0.1) is 12.8 Å². The second-order valence-corrected chi connectivity index (χ2v) is 7.74. The van der Waals surface area contributed by atoms with E-state index in [0.717, 1.165) is 36.6 Å². The summed E-state index contributed by atoms with van der Waals surface area (Å²) >= 11 is 0. The Hall–Kier alpha value is -1.22. The van der Waals surface area contributed by atoms with Crippen LogP contribution in [-0.2, 0) is 0 Å². The van der Waals surface area contributed by atoms with Gasteiger partial charge in [-0.15, -0.1) is 0 Å². The molecule has 2 saturated carbocycles. The molecule has 0 N–H and O–H groups in total. The number of rotatable bonds is 4. The summed E-state index contributed by atoms with van der Waals surface area (Å²) in [4.78, 5) is 5.21. The van der Waals surface area contributed by atoms with Crippen molar-refractivity contribution in [2.24, 2.45) is 17.8 Å². The van der Waals surface area contributed by atoms with Gasteiger partial charge in [-0.25, -0.2) is 0 Å². The topological polar surface area (TPSA) is 15.7 Å². The second-order valence-electron chi connectivity index (χ2n) is 7.74. The Morgan fingerprint density at radius 1 is 1.00 bits per heavy atom. The maximum Gasteiger partial charge on any atom is 0.142 e. The van der Waals surface area contributed by atoms with Crippen molar-refractivity contribution in [2.75, 3.05) is 44.7 Å². The van der Waals surface area contributed by atoms with Crippen molar-refractivity contribution in [3.63, 3.8) is 0 Å². The number of anilines is 1. The number of ether oxygens (including phenoxy) is 1. The fraction of sp³-hybridized carbons (Fsp3) is 0.700. The van der Waals surface area contributed by atoms with Gasteiger partial charge in [-0.2, -0.15) is 0 Å². The molecular formula is C20H30N2O. The Balaban J connectivity index is 1.32. The van der Waals surface area contributed by atoms with Crippen molar-refractivity contribution in [3.05, 3.63) is 24.3 Å². The van der Waals surface area contributed by atoms with Gasteiger partial charge in [-0.05, 0) is 49.1 Å². The first-order chi connectivity index (χ1) is 11.3. The molecule has 0 unspecified atom stereocenters. The normalized spacial score (nSPS) is 31.3. The zero-order valence-corrected chi connectivity index (χ0v) is 14.4. The summed E-state index contributed by atoms with van der Waals surface area (Å²) < 4.78 is 5.52. The zero-order valence-electron chi connectivity index (χ0n) is 14.4. The summed E-state index contributed by atoms with van der Waals surface area (Å²) in [7, 11) is 1.77. The van der Waals surface area contributed by atoms with Gasteiger partial charge in [0, 0.05) is 32.7 Å². The van der Waals surface area contributed by atoms with Crippen LogP contribution in [-0.4, -0.2) is 44.7 Å². The van der Waals surface area contributed by atoms with Gasteiger partial charge in [0.15, 0.2) is 0 Å². The van der Waals surface area contributed by atoms with E-state index in [0.29, 0.717) is 0 Å². The Bertz CT molecular complexity index is 524. The SMILES string of the molecule is COc1ccccc1N1CCN(C[C@H]2CC[C@H]3CC[C@H]2C3)CC1. The molecule has 1 saturated heterocycles. The van der Waals surface area contributed by atoms with Crippen molar-refractivity contribution in [2.45, 2.75) is 32.1 Å². The van der Waals surface area contributed by atoms with Crippen LogP contribution >= 0.6 is 0 Å². The second kappa shape index (κ2) is 6.72. The smallest absolute Gasteiger partial charge is 0.142 e. The molecule has 3 heteroatoms. The molecule has 3 fully saturated rings. The highest BCUT2D eigenvalue weighted by Crippen LogP contribution is 2.45. The van der Waals surface area contributed by atoms with Crippen LogP contribution in [0.2, 0.25) is 0 Å². The molecule has 2 bridgehead atoms. The lowest BCUT2D eigenvalue weighted by Crippen LogP contribution is -2.48. The third kappa shape index (κ3) is 3.21. The Labute approximate surface area is 140 Å². The lowest BCUT2D eigenvalue weighted by atomic mass is 9.79. The zero-order chi connectivity index (χ0) is 15.6. The van der Waals surface area contributed by atoms with E-state index in [1.165, 1.54) is 57.4 Å². The predicted octanol–water partition coefficient (Wildman–Crippen LogP) is 3.64. The fourth-order valence-electron chi connectivity index (χ4n) is 5.12. The van der Waals surface area contributed by atoms with Crippen LogP contribution in [0.5, 0.6) is 5.75 Å². The van der Waals surface area contributed by atoms with E-state index in [4.69, 9.17) is 4.74 Å². The molecule has 3 aliphatic rings. The monoisotopic (exact) mass is 314 g/mol. The molecule has 3 nitrogen and oxygen atoms in total. The number of nitrogens with zero attached hydrogens (tertiary/aromatic N) is 2. The summed E-state index contributed by atoms with van der Waals surface area (Å²) in [5.41, 5.74) is 1.26. The van der Waals surface area contributed by atoms with Crippen LogP contribution in [0.1, 0.15) is 32.1 Å². The van der Waals surface area contributed by atoms with Crippen LogP contribution in [0.25, 0.3) is 0 Å². The molecule has 1 aliphatic heterocycles. The third-order valence-corrected chi connectivity index (χ3v) is 6.49. The van der Waals surface area contributed by atoms with Gasteiger partial charge in [0.2, 0.25) is 0 Å². The van der Waals surface area contributed by atoms with Crippen LogP contribution in [0.3, 0.4) is 0 Å². The van der Waals surface area contributed by atoms with Gasteiger partial charge in [-0.3, -0.25) is 4.90 Å². The van der Waals surface area contributed by atoms with Crippen molar-refractivity contribution in [3.8, 4) is 5.75 Å². The minimum absolute atomic E-state index is 0.978. The number of piperazine rings is 1.